The van der Waals surface area contributed by atoms with E-state index < -0.39 is 5.54 Å². The van der Waals surface area contributed by atoms with Crippen LogP contribution in [0.25, 0.3) is 0 Å². The monoisotopic (exact) mass is 240 g/mol. The van der Waals surface area contributed by atoms with Gasteiger partial charge in [-0.15, -0.1) is 0 Å². The van der Waals surface area contributed by atoms with Crippen molar-refractivity contribution in [3.05, 3.63) is 0 Å². The molecule has 0 spiro atoms. The second kappa shape index (κ2) is 3.95. The van der Waals surface area contributed by atoms with Gasteiger partial charge in [-0.05, 0) is 12.8 Å². The number of rotatable bonds is 3. The Balaban J connectivity index is 2.21. The Hall–Kier alpha value is -0.610. The molecule has 1 aliphatic carbocycles. The third-order valence-corrected chi connectivity index (χ3v) is 4.71. The Labute approximate surface area is 103 Å². The maximum atomic E-state index is 12.5. The van der Waals surface area contributed by atoms with Crippen LogP contribution < -0.4 is 5.73 Å². The van der Waals surface area contributed by atoms with Crippen LogP contribution in [-0.2, 0) is 9.53 Å². The van der Waals surface area contributed by atoms with E-state index in [-0.39, 0.29) is 23.3 Å². The molecule has 98 valence electrons. The molecule has 1 saturated heterocycles. The summed E-state index contributed by atoms with van der Waals surface area (Å²) in [6.07, 6.45) is 2.03. The lowest BCUT2D eigenvalue weighted by Crippen LogP contribution is -2.80. The molecule has 0 aromatic carbocycles. The molecule has 0 aromatic heterocycles. The topological polar surface area (TPSA) is 55.6 Å². The average molecular weight is 240 g/mol. The molecule has 0 radical (unpaired) electrons. The van der Waals surface area contributed by atoms with Gasteiger partial charge in [0.25, 0.3) is 0 Å². The molecular formula is C13H24N2O2. The summed E-state index contributed by atoms with van der Waals surface area (Å²) in [6.45, 7) is 7.68. The van der Waals surface area contributed by atoms with Gasteiger partial charge in [-0.3, -0.25) is 4.79 Å². The molecule has 1 heterocycles. The van der Waals surface area contributed by atoms with Gasteiger partial charge < -0.3 is 15.4 Å². The molecule has 4 heteroatoms. The Morgan fingerprint density at radius 1 is 1.53 bits per heavy atom. The fourth-order valence-corrected chi connectivity index (χ4v) is 3.57. The maximum Gasteiger partial charge on any atom is 0.243 e. The predicted octanol–water partition coefficient (Wildman–Crippen LogP) is 0.997. The van der Waals surface area contributed by atoms with Crippen molar-refractivity contribution in [2.75, 3.05) is 20.2 Å². The van der Waals surface area contributed by atoms with Gasteiger partial charge in [0.2, 0.25) is 5.91 Å². The lowest BCUT2D eigenvalue weighted by molar-refractivity contribution is -0.183. The van der Waals surface area contributed by atoms with Gasteiger partial charge in [0, 0.05) is 31.5 Å². The number of ether oxygens (including phenoxy) is 1. The second-order valence-corrected chi connectivity index (χ2v) is 6.00. The van der Waals surface area contributed by atoms with Gasteiger partial charge in [-0.2, -0.15) is 0 Å². The quantitative estimate of drug-likeness (QED) is 0.800. The number of carbonyl (C=O) groups excluding carboxylic acids is 1. The summed E-state index contributed by atoms with van der Waals surface area (Å²) in [6, 6.07) is 0. The molecule has 1 amide bonds. The molecule has 2 N–H and O–H groups in total. The number of hydrogen-bond acceptors (Lipinski definition) is 3. The first-order chi connectivity index (χ1) is 7.87. The molecule has 2 fully saturated rings. The van der Waals surface area contributed by atoms with Gasteiger partial charge in [-0.1, -0.05) is 20.8 Å². The van der Waals surface area contributed by atoms with Crippen LogP contribution >= 0.6 is 0 Å². The number of hydrogen-bond donors (Lipinski definition) is 1. The fraction of sp³-hybridized carbons (Fsp3) is 0.923. The van der Waals surface area contributed by atoms with Crippen LogP contribution in [-0.4, -0.2) is 42.6 Å². The number of carbonyl (C=O) groups is 1. The number of likely N-dealkylation sites (N-methyl/N-ethyl adjacent to an activating group) is 1. The zero-order valence-corrected chi connectivity index (χ0v) is 11.3. The first-order valence-corrected chi connectivity index (χ1v) is 6.53. The van der Waals surface area contributed by atoms with E-state index in [1.165, 1.54) is 0 Å². The zero-order valence-electron chi connectivity index (χ0n) is 11.3. The van der Waals surface area contributed by atoms with E-state index in [0.717, 1.165) is 26.0 Å². The Morgan fingerprint density at radius 2 is 2.18 bits per heavy atom. The van der Waals surface area contributed by atoms with Crippen LogP contribution in [0.1, 0.15) is 33.6 Å². The molecule has 0 aromatic rings. The van der Waals surface area contributed by atoms with Crippen molar-refractivity contribution >= 4 is 5.91 Å². The maximum absolute atomic E-state index is 12.5. The summed E-state index contributed by atoms with van der Waals surface area (Å²) in [5, 5.41) is 0. The molecule has 17 heavy (non-hydrogen) atoms. The van der Waals surface area contributed by atoms with E-state index >= 15 is 0 Å². The van der Waals surface area contributed by atoms with Crippen LogP contribution in [0.15, 0.2) is 0 Å². The van der Waals surface area contributed by atoms with Gasteiger partial charge in [0.05, 0.1) is 6.10 Å². The summed E-state index contributed by atoms with van der Waals surface area (Å²) >= 11 is 0. The van der Waals surface area contributed by atoms with E-state index in [1.807, 2.05) is 7.05 Å². The largest absolute Gasteiger partial charge is 0.377 e. The average Bonchev–Trinajstić information content (AvgIpc) is 2.75. The van der Waals surface area contributed by atoms with E-state index in [4.69, 9.17) is 10.5 Å². The number of nitrogens with zero attached hydrogens (tertiary/aromatic N) is 1. The number of fused-ring (bicyclic) bond motifs is 1. The van der Waals surface area contributed by atoms with Gasteiger partial charge in [-0.25, -0.2) is 0 Å². The highest BCUT2D eigenvalue weighted by Crippen LogP contribution is 2.58. The molecule has 4 nitrogen and oxygen atoms in total. The Bertz CT molecular complexity index is 329. The summed E-state index contributed by atoms with van der Waals surface area (Å²) in [5.74, 6) is 0.278. The zero-order chi connectivity index (χ0) is 12.8. The first kappa shape index (κ1) is 12.8. The van der Waals surface area contributed by atoms with Gasteiger partial charge in [0.1, 0.15) is 5.54 Å². The summed E-state index contributed by atoms with van der Waals surface area (Å²) < 4.78 is 5.70. The molecule has 3 unspecified atom stereocenters. The predicted molar refractivity (Wildman–Crippen MR) is 66.5 cm³/mol. The number of nitrogens with two attached hydrogens (primary N) is 1. The van der Waals surface area contributed by atoms with Crippen molar-refractivity contribution in [3.63, 3.8) is 0 Å². The van der Waals surface area contributed by atoms with Crippen LogP contribution in [0.4, 0.5) is 0 Å². The van der Waals surface area contributed by atoms with Gasteiger partial charge in [0.15, 0.2) is 0 Å². The minimum atomic E-state index is -0.738. The highest BCUT2D eigenvalue weighted by atomic mass is 16.5. The minimum absolute atomic E-state index is 0.0797. The molecule has 3 atom stereocenters. The SMILES string of the molecule is CCCN(C)C(=O)C1(N)C2CCOC2C1(C)C. The molecule has 2 aliphatic rings. The van der Waals surface area contributed by atoms with E-state index in [1.54, 1.807) is 4.90 Å². The standard InChI is InChI=1S/C13H24N2O2/c1-5-7-15(4)11(16)13(14)9-6-8-17-10(9)12(13,2)3/h9-10H,5-8,14H2,1-4H3. The lowest BCUT2D eigenvalue weighted by atomic mass is 9.47. The minimum Gasteiger partial charge on any atom is -0.377 e. The second-order valence-electron chi connectivity index (χ2n) is 6.00. The highest BCUT2D eigenvalue weighted by molar-refractivity contribution is 5.89. The Kier molecular flexibility index (Phi) is 2.99. The van der Waals surface area contributed by atoms with E-state index in [9.17, 15) is 4.79 Å². The Morgan fingerprint density at radius 3 is 2.76 bits per heavy atom. The molecule has 0 bridgehead atoms. The van der Waals surface area contributed by atoms with Crippen LogP contribution in [0.3, 0.4) is 0 Å². The third kappa shape index (κ3) is 1.47. The summed E-state index contributed by atoms with van der Waals surface area (Å²) in [7, 11) is 1.85. The highest BCUT2D eigenvalue weighted by Gasteiger charge is 2.71. The van der Waals surface area contributed by atoms with Gasteiger partial charge >= 0.3 is 0 Å². The lowest BCUT2D eigenvalue weighted by Gasteiger charge is -2.61. The fourth-order valence-electron chi connectivity index (χ4n) is 3.57. The van der Waals surface area contributed by atoms with Crippen LogP contribution in [0.2, 0.25) is 0 Å². The first-order valence-electron chi connectivity index (χ1n) is 6.53. The third-order valence-electron chi connectivity index (χ3n) is 4.71. The van der Waals surface area contributed by atoms with Crippen LogP contribution in [0, 0.1) is 11.3 Å². The molecular weight excluding hydrogens is 216 g/mol. The van der Waals surface area contributed by atoms with Crippen molar-refractivity contribution in [1.29, 1.82) is 0 Å². The van der Waals surface area contributed by atoms with Crippen molar-refractivity contribution in [1.82, 2.24) is 4.90 Å². The van der Waals surface area contributed by atoms with E-state index in [2.05, 4.69) is 20.8 Å². The normalized spacial score (nSPS) is 38.4. The molecule has 2 rings (SSSR count). The van der Waals surface area contributed by atoms with Crippen molar-refractivity contribution in [2.24, 2.45) is 17.1 Å². The smallest absolute Gasteiger partial charge is 0.243 e. The molecule has 1 aliphatic heterocycles. The van der Waals surface area contributed by atoms with Crippen molar-refractivity contribution < 1.29 is 9.53 Å². The summed E-state index contributed by atoms with van der Waals surface area (Å²) in [4.78, 5) is 14.3. The summed E-state index contributed by atoms with van der Waals surface area (Å²) in [5.41, 5.74) is 5.47. The van der Waals surface area contributed by atoms with Crippen molar-refractivity contribution in [2.45, 2.75) is 45.3 Å². The van der Waals surface area contributed by atoms with Crippen LogP contribution in [0.5, 0.6) is 0 Å². The van der Waals surface area contributed by atoms with Crippen molar-refractivity contribution in [3.8, 4) is 0 Å². The number of amides is 1. The van der Waals surface area contributed by atoms with E-state index in [0.29, 0.717) is 0 Å². The molecule has 1 saturated carbocycles.